The normalized spacial score (nSPS) is 10.4. The van der Waals surface area contributed by atoms with Gasteiger partial charge < -0.3 is 10.1 Å². The summed E-state index contributed by atoms with van der Waals surface area (Å²) in [6.45, 7) is 7.09. The van der Waals surface area contributed by atoms with Crippen LogP contribution in [0.4, 0.5) is 5.82 Å². The van der Waals surface area contributed by atoms with Gasteiger partial charge >= 0.3 is 0 Å². The van der Waals surface area contributed by atoms with Crippen LogP contribution in [-0.4, -0.2) is 23.6 Å². The predicted molar refractivity (Wildman–Crippen MR) is 82.3 cm³/mol. The Morgan fingerprint density at radius 2 is 2.00 bits per heavy atom. The van der Waals surface area contributed by atoms with Crippen molar-refractivity contribution in [1.82, 2.24) is 9.97 Å². The standard InChI is InChI=1S/C16H21N3O/c1-5-12-15(18-10-19-16(12)17-6-2)13-9-11(3)7-8-14(13)20-4/h7-10H,5-6H2,1-4H3,(H,17,18,19). The topological polar surface area (TPSA) is 47.0 Å². The van der Waals surface area contributed by atoms with E-state index in [1.54, 1.807) is 13.4 Å². The van der Waals surface area contributed by atoms with Gasteiger partial charge in [0, 0.05) is 17.7 Å². The minimum atomic E-state index is 0.839. The third-order valence-electron chi connectivity index (χ3n) is 3.25. The van der Waals surface area contributed by atoms with Gasteiger partial charge in [-0.2, -0.15) is 0 Å². The Kier molecular flexibility index (Phi) is 4.56. The van der Waals surface area contributed by atoms with E-state index in [0.717, 1.165) is 41.4 Å². The molecule has 1 heterocycles. The summed E-state index contributed by atoms with van der Waals surface area (Å²) in [7, 11) is 1.69. The number of nitrogens with one attached hydrogen (secondary N) is 1. The Bertz CT molecular complexity index is 596. The molecule has 4 nitrogen and oxygen atoms in total. The quantitative estimate of drug-likeness (QED) is 0.904. The predicted octanol–water partition coefficient (Wildman–Crippen LogP) is 3.45. The molecular weight excluding hydrogens is 250 g/mol. The van der Waals surface area contributed by atoms with E-state index in [0.29, 0.717) is 0 Å². The zero-order valence-corrected chi connectivity index (χ0v) is 12.5. The molecule has 0 aliphatic carbocycles. The van der Waals surface area contributed by atoms with Crippen molar-refractivity contribution in [3.05, 3.63) is 35.7 Å². The minimum absolute atomic E-state index is 0.839. The maximum Gasteiger partial charge on any atom is 0.133 e. The first-order valence-electron chi connectivity index (χ1n) is 6.94. The van der Waals surface area contributed by atoms with Crippen molar-refractivity contribution in [1.29, 1.82) is 0 Å². The molecule has 20 heavy (non-hydrogen) atoms. The molecule has 0 aliphatic heterocycles. The third-order valence-corrected chi connectivity index (χ3v) is 3.25. The van der Waals surface area contributed by atoms with Gasteiger partial charge in [-0.25, -0.2) is 9.97 Å². The highest BCUT2D eigenvalue weighted by Crippen LogP contribution is 2.33. The van der Waals surface area contributed by atoms with Crippen molar-refractivity contribution < 1.29 is 4.74 Å². The van der Waals surface area contributed by atoms with Gasteiger partial charge in [0.1, 0.15) is 17.9 Å². The molecule has 1 N–H and O–H groups in total. The summed E-state index contributed by atoms with van der Waals surface area (Å²) in [5, 5.41) is 3.30. The fourth-order valence-corrected chi connectivity index (χ4v) is 2.31. The lowest BCUT2D eigenvalue weighted by atomic mass is 10.0. The minimum Gasteiger partial charge on any atom is -0.496 e. The Labute approximate surface area is 120 Å². The van der Waals surface area contributed by atoms with Crippen molar-refractivity contribution in [3.8, 4) is 17.0 Å². The molecule has 0 saturated carbocycles. The number of aromatic nitrogens is 2. The van der Waals surface area contributed by atoms with Crippen LogP contribution in [0.1, 0.15) is 25.0 Å². The van der Waals surface area contributed by atoms with Gasteiger partial charge in [-0.3, -0.25) is 0 Å². The number of hydrogen-bond acceptors (Lipinski definition) is 4. The number of ether oxygens (including phenoxy) is 1. The van der Waals surface area contributed by atoms with Crippen LogP contribution in [0.3, 0.4) is 0 Å². The Morgan fingerprint density at radius 1 is 1.20 bits per heavy atom. The second kappa shape index (κ2) is 6.37. The lowest BCUT2D eigenvalue weighted by Crippen LogP contribution is -2.06. The SMILES string of the molecule is CCNc1ncnc(-c2cc(C)ccc2OC)c1CC. The van der Waals surface area contributed by atoms with Gasteiger partial charge in [0.2, 0.25) is 0 Å². The Balaban J connectivity index is 2.63. The first-order chi connectivity index (χ1) is 9.71. The second-order valence-corrected chi connectivity index (χ2v) is 4.64. The summed E-state index contributed by atoms with van der Waals surface area (Å²) in [6.07, 6.45) is 2.48. The van der Waals surface area contributed by atoms with Crippen LogP contribution in [-0.2, 0) is 6.42 Å². The van der Waals surface area contributed by atoms with E-state index >= 15 is 0 Å². The van der Waals surface area contributed by atoms with Crippen LogP contribution in [0.5, 0.6) is 5.75 Å². The molecule has 0 bridgehead atoms. The maximum absolute atomic E-state index is 5.47. The number of methoxy groups -OCH3 is 1. The zero-order valence-electron chi connectivity index (χ0n) is 12.5. The lowest BCUT2D eigenvalue weighted by Gasteiger charge is -2.15. The van der Waals surface area contributed by atoms with Crippen molar-refractivity contribution in [2.24, 2.45) is 0 Å². The molecule has 2 rings (SSSR count). The number of anilines is 1. The molecule has 106 valence electrons. The summed E-state index contributed by atoms with van der Waals surface area (Å²) < 4.78 is 5.47. The Morgan fingerprint density at radius 3 is 2.65 bits per heavy atom. The van der Waals surface area contributed by atoms with Crippen LogP contribution in [0.15, 0.2) is 24.5 Å². The second-order valence-electron chi connectivity index (χ2n) is 4.64. The summed E-state index contributed by atoms with van der Waals surface area (Å²) >= 11 is 0. The highest BCUT2D eigenvalue weighted by molar-refractivity contribution is 5.74. The fourth-order valence-electron chi connectivity index (χ4n) is 2.31. The van der Waals surface area contributed by atoms with Crippen molar-refractivity contribution >= 4 is 5.82 Å². The monoisotopic (exact) mass is 271 g/mol. The maximum atomic E-state index is 5.47. The molecule has 0 saturated heterocycles. The van der Waals surface area contributed by atoms with Gasteiger partial charge in [0.25, 0.3) is 0 Å². The molecule has 0 unspecified atom stereocenters. The lowest BCUT2D eigenvalue weighted by molar-refractivity contribution is 0.416. The van der Waals surface area contributed by atoms with Crippen LogP contribution in [0, 0.1) is 6.92 Å². The average molecular weight is 271 g/mol. The summed E-state index contributed by atoms with van der Waals surface area (Å²) in [4.78, 5) is 8.82. The van der Waals surface area contributed by atoms with Gasteiger partial charge in [-0.05, 0) is 32.4 Å². The van der Waals surface area contributed by atoms with Crippen LogP contribution in [0.2, 0.25) is 0 Å². The van der Waals surface area contributed by atoms with E-state index in [9.17, 15) is 0 Å². The average Bonchev–Trinajstić information content (AvgIpc) is 2.47. The molecule has 0 aliphatic rings. The number of benzene rings is 1. The van der Waals surface area contributed by atoms with Gasteiger partial charge in [0.15, 0.2) is 0 Å². The highest BCUT2D eigenvalue weighted by atomic mass is 16.5. The van der Waals surface area contributed by atoms with Crippen molar-refractivity contribution in [2.75, 3.05) is 19.0 Å². The van der Waals surface area contributed by atoms with Crippen LogP contribution < -0.4 is 10.1 Å². The molecule has 0 amide bonds. The number of nitrogens with zero attached hydrogens (tertiary/aromatic N) is 2. The first-order valence-corrected chi connectivity index (χ1v) is 6.94. The Hall–Kier alpha value is -2.10. The number of rotatable bonds is 5. The molecule has 0 fully saturated rings. The first kappa shape index (κ1) is 14.3. The van der Waals surface area contributed by atoms with E-state index in [1.807, 2.05) is 12.1 Å². The molecule has 0 spiro atoms. The van der Waals surface area contributed by atoms with Gasteiger partial charge in [0.05, 0.1) is 12.8 Å². The van der Waals surface area contributed by atoms with Gasteiger partial charge in [-0.15, -0.1) is 0 Å². The largest absolute Gasteiger partial charge is 0.496 e. The van der Waals surface area contributed by atoms with E-state index in [2.05, 4.69) is 42.1 Å². The van der Waals surface area contributed by atoms with E-state index in [4.69, 9.17) is 4.74 Å². The molecule has 0 atom stereocenters. The summed E-state index contributed by atoms with van der Waals surface area (Å²) in [5.74, 6) is 1.75. The van der Waals surface area contributed by atoms with E-state index < -0.39 is 0 Å². The number of aryl methyl sites for hydroxylation is 1. The molecule has 4 heteroatoms. The molecule has 0 radical (unpaired) electrons. The molecular formula is C16H21N3O. The number of hydrogen-bond donors (Lipinski definition) is 1. The highest BCUT2D eigenvalue weighted by Gasteiger charge is 2.15. The van der Waals surface area contributed by atoms with Gasteiger partial charge in [-0.1, -0.05) is 18.6 Å². The van der Waals surface area contributed by atoms with E-state index in [1.165, 1.54) is 5.56 Å². The molecule has 2 aromatic rings. The fraction of sp³-hybridized carbons (Fsp3) is 0.375. The third kappa shape index (κ3) is 2.74. The van der Waals surface area contributed by atoms with Crippen LogP contribution in [0.25, 0.3) is 11.3 Å². The smallest absolute Gasteiger partial charge is 0.133 e. The summed E-state index contributed by atoms with van der Waals surface area (Å²) in [5.41, 5.74) is 4.27. The zero-order chi connectivity index (χ0) is 14.5. The summed E-state index contributed by atoms with van der Waals surface area (Å²) in [6, 6.07) is 6.13. The molecule has 1 aromatic carbocycles. The molecule has 1 aromatic heterocycles. The van der Waals surface area contributed by atoms with Crippen LogP contribution >= 0.6 is 0 Å². The van der Waals surface area contributed by atoms with Crippen molar-refractivity contribution in [3.63, 3.8) is 0 Å². The van der Waals surface area contributed by atoms with Crippen molar-refractivity contribution in [2.45, 2.75) is 27.2 Å². The van der Waals surface area contributed by atoms with E-state index in [-0.39, 0.29) is 0 Å².